The highest BCUT2D eigenvalue weighted by molar-refractivity contribution is 6.32. The number of benzene rings is 1. The first-order valence-electron chi connectivity index (χ1n) is 6.10. The summed E-state index contributed by atoms with van der Waals surface area (Å²) in [6, 6.07) is 5.19. The van der Waals surface area contributed by atoms with Gasteiger partial charge < -0.3 is 9.84 Å². The summed E-state index contributed by atoms with van der Waals surface area (Å²) in [7, 11) is 0. The van der Waals surface area contributed by atoms with E-state index in [4.69, 9.17) is 21.4 Å². The van der Waals surface area contributed by atoms with Crippen LogP contribution in [0, 0.1) is 5.92 Å². The summed E-state index contributed by atoms with van der Waals surface area (Å²) in [5, 5.41) is 9.55. The van der Waals surface area contributed by atoms with Crippen molar-refractivity contribution in [2.75, 3.05) is 6.61 Å². The Kier molecular flexibility index (Phi) is 5.48. The van der Waals surface area contributed by atoms with Crippen LogP contribution in [0.1, 0.15) is 38.7 Å². The molecule has 0 aliphatic rings. The summed E-state index contributed by atoms with van der Waals surface area (Å²) in [5.74, 6) is -0.316. The van der Waals surface area contributed by atoms with Crippen molar-refractivity contribution in [3.8, 4) is 5.75 Å². The molecule has 0 aromatic heterocycles. The minimum absolute atomic E-state index is 0.420. The quantitative estimate of drug-likeness (QED) is 0.851. The van der Waals surface area contributed by atoms with Gasteiger partial charge in [0.25, 0.3) is 0 Å². The second-order valence-electron chi connectivity index (χ2n) is 4.69. The average molecular weight is 271 g/mol. The van der Waals surface area contributed by atoms with Crippen molar-refractivity contribution < 1.29 is 14.6 Å². The van der Waals surface area contributed by atoms with Gasteiger partial charge in [-0.25, -0.2) is 0 Å². The number of aliphatic carboxylic acids is 1. The van der Waals surface area contributed by atoms with Crippen molar-refractivity contribution in [2.45, 2.75) is 33.1 Å². The fourth-order valence-corrected chi connectivity index (χ4v) is 1.90. The second-order valence-corrected chi connectivity index (χ2v) is 5.10. The van der Waals surface area contributed by atoms with E-state index in [1.54, 1.807) is 18.2 Å². The van der Waals surface area contributed by atoms with Crippen LogP contribution in [0.15, 0.2) is 18.2 Å². The average Bonchev–Trinajstić information content (AvgIpc) is 2.28. The van der Waals surface area contributed by atoms with Gasteiger partial charge >= 0.3 is 5.97 Å². The number of ether oxygens (including phenoxy) is 1. The lowest BCUT2D eigenvalue weighted by atomic mass is 9.97. The molecule has 1 aromatic rings. The van der Waals surface area contributed by atoms with Crippen molar-refractivity contribution in [2.24, 2.45) is 5.92 Å². The first-order chi connectivity index (χ1) is 8.45. The predicted molar refractivity (Wildman–Crippen MR) is 72.5 cm³/mol. The maximum atomic E-state index is 11.1. The third-order valence-corrected chi connectivity index (χ3v) is 2.93. The topological polar surface area (TPSA) is 46.5 Å². The number of halogens is 1. The first-order valence-corrected chi connectivity index (χ1v) is 6.48. The van der Waals surface area contributed by atoms with Crippen LogP contribution < -0.4 is 4.74 Å². The largest absolute Gasteiger partial charge is 0.492 e. The minimum Gasteiger partial charge on any atom is -0.492 e. The molecule has 4 heteroatoms. The number of hydrogen-bond donors (Lipinski definition) is 1. The minimum atomic E-state index is -0.829. The summed E-state index contributed by atoms with van der Waals surface area (Å²) in [4.78, 5) is 11.1. The molecule has 0 radical (unpaired) electrons. The molecule has 0 amide bonds. The van der Waals surface area contributed by atoms with Crippen molar-refractivity contribution in [3.63, 3.8) is 0 Å². The molecule has 100 valence electrons. The van der Waals surface area contributed by atoms with Crippen molar-refractivity contribution in [1.29, 1.82) is 0 Å². The second kappa shape index (κ2) is 6.64. The Morgan fingerprint density at radius 2 is 2.11 bits per heavy atom. The normalized spacial score (nSPS) is 12.5. The van der Waals surface area contributed by atoms with Gasteiger partial charge in [-0.15, -0.1) is 0 Å². The smallest absolute Gasteiger partial charge is 0.310 e. The highest BCUT2D eigenvalue weighted by Gasteiger charge is 2.18. The van der Waals surface area contributed by atoms with Crippen LogP contribution in [0.3, 0.4) is 0 Å². The van der Waals surface area contributed by atoms with Crippen molar-refractivity contribution in [3.05, 3.63) is 28.8 Å². The van der Waals surface area contributed by atoms with Gasteiger partial charge in [0, 0.05) is 0 Å². The van der Waals surface area contributed by atoms with Gasteiger partial charge in [-0.3, -0.25) is 4.79 Å². The highest BCUT2D eigenvalue weighted by atomic mass is 35.5. The van der Waals surface area contributed by atoms with Crippen LogP contribution in [-0.4, -0.2) is 17.7 Å². The van der Waals surface area contributed by atoms with E-state index in [9.17, 15) is 4.79 Å². The molecule has 1 rings (SSSR count). The fraction of sp³-hybridized carbons (Fsp3) is 0.500. The molecular formula is C14H19ClO3. The van der Waals surface area contributed by atoms with Crippen LogP contribution >= 0.6 is 11.6 Å². The lowest BCUT2D eigenvalue weighted by Gasteiger charge is -2.14. The number of carboxylic acids is 1. The third-order valence-electron chi connectivity index (χ3n) is 2.64. The first kappa shape index (κ1) is 14.8. The van der Waals surface area contributed by atoms with Crippen molar-refractivity contribution in [1.82, 2.24) is 0 Å². The molecule has 0 aliphatic heterocycles. The van der Waals surface area contributed by atoms with E-state index >= 15 is 0 Å². The van der Waals surface area contributed by atoms with E-state index in [0.717, 1.165) is 0 Å². The molecule has 0 spiro atoms. The molecule has 0 unspecified atom stereocenters. The van der Waals surface area contributed by atoms with Crippen LogP contribution in [0.25, 0.3) is 0 Å². The van der Waals surface area contributed by atoms with Gasteiger partial charge in [-0.1, -0.05) is 38.4 Å². The number of carboxylic acid groups (broad SMARTS) is 1. The Morgan fingerprint density at radius 1 is 1.44 bits per heavy atom. The van der Waals surface area contributed by atoms with E-state index in [-0.39, 0.29) is 0 Å². The number of hydrogen-bond acceptors (Lipinski definition) is 2. The zero-order valence-electron chi connectivity index (χ0n) is 10.9. The molecule has 0 saturated carbocycles. The van der Waals surface area contributed by atoms with Crippen LogP contribution in [0.4, 0.5) is 0 Å². The van der Waals surface area contributed by atoms with E-state index in [1.165, 1.54) is 0 Å². The monoisotopic (exact) mass is 270 g/mol. The molecular weight excluding hydrogens is 252 g/mol. The fourth-order valence-electron chi connectivity index (χ4n) is 1.66. The molecule has 0 aliphatic carbocycles. The van der Waals surface area contributed by atoms with Crippen LogP contribution in [0.2, 0.25) is 5.02 Å². The molecule has 3 nitrogen and oxygen atoms in total. The van der Waals surface area contributed by atoms with Gasteiger partial charge in [0.1, 0.15) is 5.75 Å². The number of rotatable bonds is 6. The molecule has 0 bridgehead atoms. The van der Waals surface area contributed by atoms with E-state index < -0.39 is 11.9 Å². The summed E-state index contributed by atoms with van der Waals surface area (Å²) in [5.41, 5.74) is 0.715. The zero-order valence-corrected chi connectivity index (χ0v) is 11.7. The van der Waals surface area contributed by atoms with E-state index in [1.807, 2.05) is 6.92 Å². The highest BCUT2D eigenvalue weighted by Crippen LogP contribution is 2.30. The number of carbonyl (C=O) groups is 1. The molecule has 1 aromatic carbocycles. The lowest BCUT2D eigenvalue weighted by Crippen LogP contribution is -2.10. The standard InChI is InChI=1S/C14H19ClO3/c1-4-11(14(16)17)10-5-6-13(12(15)7-10)18-8-9(2)3/h5-7,9,11H,4,8H2,1-3H3,(H,16,17)/t11-/m0/s1. The summed E-state index contributed by atoms with van der Waals surface area (Å²) in [6.45, 7) is 6.55. The Balaban J connectivity index is 2.87. The zero-order chi connectivity index (χ0) is 13.7. The molecule has 0 fully saturated rings. The van der Waals surface area contributed by atoms with Gasteiger partial charge in [0.2, 0.25) is 0 Å². The Bertz CT molecular complexity index is 416. The molecule has 0 heterocycles. The Morgan fingerprint density at radius 3 is 2.56 bits per heavy atom. The van der Waals surface area contributed by atoms with Gasteiger partial charge in [0.05, 0.1) is 17.5 Å². The molecule has 18 heavy (non-hydrogen) atoms. The molecule has 1 atom stereocenters. The predicted octanol–water partition coefficient (Wildman–Crippen LogP) is 3.95. The Hall–Kier alpha value is -1.22. The van der Waals surface area contributed by atoms with E-state index in [2.05, 4.69) is 13.8 Å². The van der Waals surface area contributed by atoms with Crippen LogP contribution in [0.5, 0.6) is 5.75 Å². The van der Waals surface area contributed by atoms with E-state index in [0.29, 0.717) is 35.3 Å². The van der Waals surface area contributed by atoms with Gasteiger partial charge in [-0.2, -0.15) is 0 Å². The molecule has 0 saturated heterocycles. The maximum absolute atomic E-state index is 11.1. The van der Waals surface area contributed by atoms with Crippen LogP contribution in [-0.2, 0) is 4.79 Å². The summed E-state index contributed by atoms with van der Waals surface area (Å²) in [6.07, 6.45) is 0.540. The van der Waals surface area contributed by atoms with Gasteiger partial charge in [0.15, 0.2) is 0 Å². The summed E-state index contributed by atoms with van der Waals surface area (Å²) >= 11 is 6.10. The molecule has 1 N–H and O–H groups in total. The summed E-state index contributed by atoms with van der Waals surface area (Å²) < 4.78 is 5.55. The lowest BCUT2D eigenvalue weighted by molar-refractivity contribution is -0.138. The third kappa shape index (κ3) is 3.91. The maximum Gasteiger partial charge on any atom is 0.310 e. The Labute approximate surface area is 113 Å². The SMILES string of the molecule is CC[C@H](C(=O)O)c1ccc(OCC(C)C)c(Cl)c1. The van der Waals surface area contributed by atoms with Gasteiger partial charge in [-0.05, 0) is 30.0 Å². The van der Waals surface area contributed by atoms with Crippen molar-refractivity contribution >= 4 is 17.6 Å².